The lowest BCUT2D eigenvalue weighted by atomic mass is 10.1. The number of nitrogens with one attached hydrogen (secondary N) is 1. The van der Waals surface area contributed by atoms with Gasteiger partial charge in [-0.3, -0.25) is 9.63 Å². The maximum absolute atomic E-state index is 11.8. The smallest absolute Gasteiger partial charge is 0.274 e. The zero-order valence-corrected chi connectivity index (χ0v) is 11.2. The molecule has 1 aliphatic rings. The van der Waals surface area contributed by atoms with E-state index in [0.717, 1.165) is 5.56 Å². The van der Waals surface area contributed by atoms with Gasteiger partial charge in [-0.05, 0) is 24.3 Å². The van der Waals surface area contributed by atoms with Crippen LogP contribution in [-0.4, -0.2) is 32.8 Å². The number of hydrogen-bond donors (Lipinski definition) is 1. The quantitative estimate of drug-likeness (QED) is 0.661. The first-order valence-corrected chi connectivity index (χ1v) is 6.12. The number of amides is 1. The molecule has 0 aliphatic carbocycles. The van der Waals surface area contributed by atoms with Crippen LogP contribution in [0.5, 0.6) is 5.75 Å². The van der Waals surface area contributed by atoms with Crippen molar-refractivity contribution in [1.29, 1.82) is 0 Å². The molecule has 0 atom stereocenters. The summed E-state index contributed by atoms with van der Waals surface area (Å²) in [5.41, 5.74) is 3.59. The first-order chi connectivity index (χ1) is 9.20. The van der Waals surface area contributed by atoms with Crippen LogP contribution in [0.25, 0.3) is 6.08 Å². The van der Waals surface area contributed by atoms with Gasteiger partial charge in [0, 0.05) is 17.7 Å². The zero-order chi connectivity index (χ0) is 13.7. The Morgan fingerprint density at radius 1 is 1.47 bits per heavy atom. The molecule has 0 aromatic heterocycles. The summed E-state index contributed by atoms with van der Waals surface area (Å²) in [7, 11) is 1.56. The minimum Gasteiger partial charge on any atom is -0.488 e. The maximum atomic E-state index is 11.8. The van der Waals surface area contributed by atoms with E-state index in [1.165, 1.54) is 0 Å². The molecule has 6 heteroatoms. The van der Waals surface area contributed by atoms with Gasteiger partial charge in [-0.1, -0.05) is 11.6 Å². The number of fused-ring (bicyclic) bond motifs is 1. The van der Waals surface area contributed by atoms with Crippen LogP contribution in [0.3, 0.4) is 0 Å². The molecule has 0 unspecified atom stereocenters. The van der Waals surface area contributed by atoms with Crippen LogP contribution < -0.4 is 10.2 Å². The molecular formula is C13H14ClNO4. The Labute approximate surface area is 116 Å². The van der Waals surface area contributed by atoms with E-state index in [0.29, 0.717) is 29.6 Å². The number of hydroxylamine groups is 1. The van der Waals surface area contributed by atoms with Gasteiger partial charge in [0.05, 0.1) is 18.8 Å². The molecule has 0 saturated heterocycles. The second kappa shape index (κ2) is 6.56. The second-order valence-corrected chi connectivity index (χ2v) is 4.35. The number of rotatable bonds is 5. The molecule has 1 aromatic carbocycles. The van der Waals surface area contributed by atoms with Crippen molar-refractivity contribution >= 4 is 23.6 Å². The van der Waals surface area contributed by atoms with Gasteiger partial charge in [0.25, 0.3) is 5.91 Å². The van der Waals surface area contributed by atoms with E-state index in [-0.39, 0.29) is 12.5 Å². The SMILES string of the molecule is COCCONC(=O)C1=Cc2cc(Cl)ccc2OC1. The van der Waals surface area contributed by atoms with Gasteiger partial charge < -0.3 is 9.47 Å². The molecule has 0 spiro atoms. The molecule has 19 heavy (non-hydrogen) atoms. The molecule has 0 saturated carbocycles. The number of carbonyl (C=O) groups is 1. The summed E-state index contributed by atoms with van der Waals surface area (Å²) in [5, 5.41) is 0.594. The summed E-state index contributed by atoms with van der Waals surface area (Å²) in [5.74, 6) is 0.378. The molecule has 1 heterocycles. The Morgan fingerprint density at radius 2 is 2.32 bits per heavy atom. The number of carbonyl (C=O) groups excluding carboxylic acids is 1. The fourth-order valence-electron chi connectivity index (χ4n) is 1.59. The zero-order valence-electron chi connectivity index (χ0n) is 10.4. The molecule has 1 aromatic rings. The Balaban J connectivity index is 2.00. The predicted molar refractivity (Wildman–Crippen MR) is 70.9 cm³/mol. The Kier molecular flexibility index (Phi) is 4.79. The van der Waals surface area contributed by atoms with Crippen molar-refractivity contribution < 1.29 is 19.1 Å². The molecule has 1 amide bonds. The minimum absolute atomic E-state index is 0.202. The number of methoxy groups -OCH3 is 1. The highest BCUT2D eigenvalue weighted by molar-refractivity contribution is 6.30. The molecule has 2 rings (SSSR count). The standard InChI is InChI=1S/C13H14ClNO4/c1-17-4-5-19-15-13(16)10-6-9-7-11(14)2-3-12(9)18-8-10/h2-3,6-7H,4-5,8H2,1H3,(H,15,16). The van der Waals surface area contributed by atoms with E-state index in [1.807, 2.05) is 0 Å². The minimum atomic E-state index is -0.332. The van der Waals surface area contributed by atoms with Gasteiger partial charge in [0.1, 0.15) is 12.4 Å². The van der Waals surface area contributed by atoms with E-state index in [2.05, 4.69) is 5.48 Å². The first-order valence-electron chi connectivity index (χ1n) is 5.74. The molecule has 1 aliphatic heterocycles. The van der Waals surface area contributed by atoms with Crippen molar-refractivity contribution in [2.24, 2.45) is 0 Å². The highest BCUT2D eigenvalue weighted by Gasteiger charge is 2.17. The van der Waals surface area contributed by atoms with Gasteiger partial charge in [-0.25, -0.2) is 5.48 Å². The highest BCUT2D eigenvalue weighted by Crippen LogP contribution is 2.28. The number of hydrogen-bond acceptors (Lipinski definition) is 4. The molecule has 5 nitrogen and oxygen atoms in total. The summed E-state index contributed by atoms with van der Waals surface area (Å²) >= 11 is 5.90. The van der Waals surface area contributed by atoms with Crippen LogP contribution in [0, 0.1) is 0 Å². The van der Waals surface area contributed by atoms with Crippen LogP contribution >= 0.6 is 11.6 Å². The number of halogens is 1. The van der Waals surface area contributed by atoms with Gasteiger partial charge in [0.15, 0.2) is 0 Å². The third-order valence-electron chi connectivity index (χ3n) is 2.53. The van der Waals surface area contributed by atoms with Crippen molar-refractivity contribution in [3.63, 3.8) is 0 Å². The lowest BCUT2D eigenvalue weighted by molar-refractivity contribution is -0.130. The summed E-state index contributed by atoms with van der Waals surface area (Å²) in [6, 6.07) is 5.26. The fourth-order valence-corrected chi connectivity index (χ4v) is 1.77. The van der Waals surface area contributed by atoms with E-state index >= 15 is 0 Å². The summed E-state index contributed by atoms with van der Waals surface area (Å²) in [6.45, 7) is 0.904. The lowest BCUT2D eigenvalue weighted by Gasteiger charge is -2.17. The fraction of sp³-hybridized carbons (Fsp3) is 0.308. The Morgan fingerprint density at radius 3 is 3.11 bits per heavy atom. The first kappa shape index (κ1) is 13.9. The third-order valence-corrected chi connectivity index (χ3v) is 2.77. The molecule has 0 radical (unpaired) electrons. The molecule has 0 fully saturated rings. The van der Waals surface area contributed by atoms with Gasteiger partial charge >= 0.3 is 0 Å². The molecule has 102 valence electrons. The van der Waals surface area contributed by atoms with Gasteiger partial charge in [-0.15, -0.1) is 0 Å². The van der Waals surface area contributed by atoms with Crippen LogP contribution in [0.15, 0.2) is 23.8 Å². The average molecular weight is 284 g/mol. The van der Waals surface area contributed by atoms with Crippen molar-refractivity contribution in [3.05, 3.63) is 34.4 Å². The van der Waals surface area contributed by atoms with E-state index < -0.39 is 0 Å². The topological polar surface area (TPSA) is 56.8 Å². The molecule has 0 bridgehead atoms. The average Bonchev–Trinajstić information content (AvgIpc) is 2.42. The van der Waals surface area contributed by atoms with Crippen molar-refractivity contribution in [1.82, 2.24) is 5.48 Å². The number of benzene rings is 1. The normalized spacial score (nSPS) is 13.3. The van der Waals surface area contributed by atoms with Crippen molar-refractivity contribution in [3.8, 4) is 5.75 Å². The van der Waals surface area contributed by atoms with E-state index in [1.54, 1.807) is 31.4 Å². The van der Waals surface area contributed by atoms with E-state index in [9.17, 15) is 4.79 Å². The van der Waals surface area contributed by atoms with Crippen molar-refractivity contribution in [2.75, 3.05) is 26.9 Å². The van der Waals surface area contributed by atoms with Crippen molar-refractivity contribution in [2.45, 2.75) is 0 Å². The molecular weight excluding hydrogens is 270 g/mol. The van der Waals surface area contributed by atoms with Crippen LogP contribution in [-0.2, 0) is 14.4 Å². The summed E-state index contributed by atoms with van der Waals surface area (Å²) in [4.78, 5) is 16.8. The van der Waals surface area contributed by atoms with E-state index in [4.69, 9.17) is 25.9 Å². The monoisotopic (exact) mass is 283 g/mol. The molecule has 1 N–H and O–H groups in total. The summed E-state index contributed by atoms with van der Waals surface area (Å²) in [6.07, 6.45) is 1.74. The third kappa shape index (κ3) is 3.70. The van der Waals surface area contributed by atoms with Crippen LogP contribution in [0.4, 0.5) is 0 Å². The summed E-state index contributed by atoms with van der Waals surface area (Å²) < 4.78 is 10.3. The second-order valence-electron chi connectivity index (χ2n) is 3.91. The number of ether oxygens (including phenoxy) is 2. The highest BCUT2D eigenvalue weighted by atomic mass is 35.5. The lowest BCUT2D eigenvalue weighted by Crippen LogP contribution is -2.29. The Bertz CT molecular complexity index is 501. The van der Waals surface area contributed by atoms with Gasteiger partial charge in [-0.2, -0.15) is 0 Å². The van der Waals surface area contributed by atoms with Gasteiger partial charge in [0.2, 0.25) is 0 Å². The maximum Gasteiger partial charge on any atom is 0.274 e. The van der Waals surface area contributed by atoms with Crippen LogP contribution in [0.2, 0.25) is 5.02 Å². The van der Waals surface area contributed by atoms with Crippen LogP contribution in [0.1, 0.15) is 5.56 Å². The Hall–Kier alpha value is -1.56. The predicted octanol–water partition coefficient (Wildman–Crippen LogP) is 1.81. The largest absolute Gasteiger partial charge is 0.488 e.